The quantitative estimate of drug-likeness (QED) is 0.769. The van der Waals surface area contributed by atoms with E-state index in [1.807, 2.05) is 0 Å². The first-order chi connectivity index (χ1) is 6.82. The fraction of sp³-hybridized carbons (Fsp3) is 0.333. The molecule has 0 radical (unpaired) electrons. The van der Waals surface area contributed by atoms with Gasteiger partial charge in [0, 0.05) is 0 Å². The highest BCUT2D eigenvalue weighted by molar-refractivity contribution is 5.26. The van der Waals surface area contributed by atoms with Crippen LogP contribution in [0.1, 0.15) is 17.2 Å². The third-order valence-electron chi connectivity index (χ3n) is 1.89. The van der Waals surface area contributed by atoms with Crippen molar-refractivity contribution in [3.63, 3.8) is 0 Å². The van der Waals surface area contributed by atoms with Crippen LogP contribution in [-0.2, 0) is 6.18 Å². The van der Waals surface area contributed by atoms with Crippen molar-refractivity contribution >= 4 is 0 Å². The predicted molar refractivity (Wildman–Crippen MR) is 44.4 cm³/mol. The van der Waals surface area contributed by atoms with Crippen LogP contribution in [0.3, 0.4) is 0 Å². The number of alkyl halides is 5. The molecule has 0 saturated carbocycles. The molecule has 84 valence electrons. The van der Waals surface area contributed by atoms with Crippen LogP contribution in [0.15, 0.2) is 24.3 Å². The number of benzene rings is 1. The van der Waals surface area contributed by atoms with E-state index in [1.54, 1.807) is 0 Å². The van der Waals surface area contributed by atoms with Crippen LogP contribution in [0.5, 0.6) is 0 Å². The third-order valence-corrected chi connectivity index (χ3v) is 1.89. The molecule has 0 aliphatic rings. The molecular formula is C9H8F5N. The lowest BCUT2D eigenvalue weighted by atomic mass is 10.1. The molecule has 2 N–H and O–H groups in total. The Bertz CT molecular complexity index is 316. The Labute approximate surface area is 82.7 Å². The first-order valence-electron chi connectivity index (χ1n) is 4.03. The van der Waals surface area contributed by atoms with E-state index < -0.39 is 24.2 Å². The van der Waals surface area contributed by atoms with E-state index in [0.717, 1.165) is 24.3 Å². The predicted octanol–water partition coefficient (Wildman–Crippen LogP) is 2.97. The van der Waals surface area contributed by atoms with Crippen molar-refractivity contribution in [2.45, 2.75) is 18.6 Å². The Morgan fingerprint density at radius 1 is 1.00 bits per heavy atom. The molecule has 1 aromatic rings. The normalized spacial score (nSPS) is 14.3. The fourth-order valence-corrected chi connectivity index (χ4v) is 1.04. The standard InChI is InChI=1S/C9H8F5N/c10-8(11)7(15)5-1-3-6(4-2-5)9(12,13)14/h1-4,7-8H,15H2/t7-/m0/s1. The molecule has 1 rings (SSSR count). The Morgan fingerprint density at radius 3 is 1.80 bits per heavy atom. The molecule has 0 heterocycles. The monoisotopic (exact) mass is 225 g/mol. The Balaban J connectivity index is 2.91. The molecule has 0 aliphatic carbocycles. The molecule has 0 saturated heterocycles. The van der Waals surface area contributed by atoms with Crippen molar-refractivity contribution in [1.29, 1.82) is 0 Å². The van der Waals surface area contributed by atoms with Crippen LogP contribution in [0, 0.1) is 0 Å². The zero-order chi connectivity index (χ0) is 11.6. The average molecular weight is 225 g/mol. The SMILES string of the molecule is N[C@@H](c1ccc(C(F)(F)F)cc1)C(F)F. The number of hydrogen-bond donors (Lipinski definition) is 1. The van der Waals surface area contributed by atoms with Crippen molar-refractivity contribution in [1.82, 2.24) is 0 Å². The van der Waals surface area contributed by atoms with E-state index >= 15 is 0 Å². The molecule has 0 aliphatic heterocycles. The Kier molecular flexibility index (Phi) is 3.28. The van der Waals surface area contributed by atoms with Gasteiger partial charge in [0.25, 0.3) is 6.43 Å². The van der Waals surface area contributed by atoms with Crippen LogP contribution in [0.4, 0.5) is 22.0 Å². The minimum absolute atomic E-state index is 0.0157. The van der Waals surface area contributed by atoms with Crippen LogP contribution in [0.2, 0.25) is 0 Å². The van der Waals surface area contributed by atoms with Gasteiger partial charge in [-0.3, -0.25) is 0 Å². The van der Waals surface area contributed by atoms with Crippen LogP contribution < -0.4 is 5.73 Å². The second-order valence-corrected chi connectivity index (χ2v) is 2.98. The first-order valence-corrected chi connectivity index (χ1v) is 4.03. The lowest BCUT2D eigenvalue weighted by Crippen LogP contribution is -2.19. The minimum Gasteiger partial charge on any atom is -0.319 e. The zero-order valence-electron chi connectivity index (χ0n) is 7.43. The number of halogens is 5. The molecule has 1 nitrogen and oxygen atoms in total. The summed E-state index contributed by atoms with van der Waals surface area (Å²) in [4.78, 5) is 0. The number of hydrogen-bond acceptors (Lipinski definition) is 1. The maximum Gasteiger partial charge on any atom is 0.416 e. The molecule has 1 atom stereocenters. The Hall–Kier alpha value is -1.17. The average Bonchev–Trinajstić information content (AvgIpc) is 2.15. The van der Waals surface area contributed by atoms with Gasteiger partial charge in [0.05, 0.1) is 11.6 Å². The maximum absolute atomic E-state index is 12.1. The highest BCUT2D eigenvalue weighted by Crippen LogP contribution is 2.30. The summed E-state index contributed by atoms with van der Waals surface area (Å²) in [7, 11) is 0. The minimum atomic E-state index is -4.46. The van der Waals surface area contributed by atoms with Crippen LogP contribution in [0.25, 0.3) is 0 Å². The lowest BCUT2D eigenvalue weighted by Gasteiger charge is -2.12. The van der Waals surface area contributed by atoms with Crippen molar-refractivity contribution in [2.75, 3.05) is 0 Å². The van der Waals surface area contributed by atoms with Gasteiger partial charge in [0.15, 0.2) is 0 Å². The highest BCUT2D eigenvalue weighted by Gasteiger charge is 2.30. The molecule has 0 aromatic heterocycles. The molecule has 0 fully saturated rings. The fourth-order valence-electron chi connectivity index (χ4n) is 1.04. The first kappa shape index (κ1) is 11.9. The van der Waals surface area contributed by atoms with Crippen molar-refractivity contribution in [3.05, 3.63) is 35.4 Å². The van der Waals surface area contributed by atoms with Gasteiger partial charge in [0.1, 0.15) is 0 Å². The van der Waals surface area contributed by atoms with Gasteiger partial charge < -0.3 is 5.73 Å². The summed E-state index contributed by atoms with van der Waals surface area (Å²) in [5.41, 5.74) is 4.17. The summed E-state index contributed by atoms with van der Waals surface area (Å²) in [6.45, 7) is 0. The molecule has 0 unspecified atom stereocenters. The third kappa shape index (κ3) is 2.89. The second kappa shape index (κ2) is 4.14. The molecule has 0 bridgehead atoms. The summed E-state index contributed by atoms with van der Waals surface area (Å²) in [5.74, 6) is 0. The molecule has 0 spiro atoms. The van der Waals surface area contributed by atoms with Crippen LogP contribution in [-0.4, -0.2) is 6.43 Å². The van der Waals surface area contributed by atoms with E-state index in [4.69, 9.17) is 5.73 Å². The zero-order valence-corrected chi connectivity index (χ0v) is 7.43. The van der Waals surface area contributed by atoms with E-state index in [9.17, 15) is 22.0 Å². The topological polar surface area (TPSA) is 26.0 Å². The largest absolute Gasteiger partial charge is 0.416 e. The number of nitrogens with two attached hydrogens (primary N) is 1. The van der Waals surface area contributed by atoms with E-state index in [-0.39, 0.29) is 5.56 Å². The summed E-state index contributed by atoms with van der Waals surface area (Å²) in [6, 6.07) is 1.83. The summed E-state index contributed by atoms with van der Waals surface area (Å²) in [6.07, 6.45) is -7.25. The lowest BCUT2D eigenvalue weighted by molar-refractivity contribution is -0.137. The van der Waals surface area contributed by atoms with E-state index in [0.29, 0.717) is 0 Å². The van der Waals surface area contributed by atoms with Gasteiger partial charge in [-0.05, 0) is 17.7 Å². The summed E-state index contributed by atoms with van der Waals surface area (Å²) in [5, 5.41) is 0. The van der Waals surface area contributed by atoms with Gasteiger partial charge in [-0.2, -0.15) is 13.2 Å². The Morgan fingerprint density at radius 2 is 1.47 bits per heavy atom. The highest BCUT2D eigenvalue weighted by atomic mass is 19.4. The molecule has 6 heteroatoms. The smallest absolute Gasteiger partial charge is 0.319 e. The maximum atomic E-state index is 12.1. The van der Waals surface area contributed by atoms with Gasteiger partial charge in [0.2, 0.25) is 0 Å². The van der Waals surface area contributed by atoms with Gasteiger partial charge in [-0.15, -0.1) is 0 Å². The van der Waals surface area contributed by atoms with Crippen molar-refractivity contribution in [3.8, 4) is 0 Å². The molecule has 15 heavy (non-hydrogen) atoms. The van der Waals surface area contributed by atoms with E-state index in [2.05, 4.69) is 0 Å². The second-order valence-electron chi connectivity index (χ2n) is 2.98. The van der Waals surface area contributed by atoms with Gasteiger partial charge in [-0.25, -0.2) is 8.78 Å². The van der Waals surface area contributed by atoms with Crippen LogP contribution >= 0.6 is 0 Å². The van der Waals surface area contributed by atoms with Gasteiger partial charge in [-0.1, -0.05) is 12.1 Å². The molecule has 1 aromatic carbocycles. The van der Waals surface area contributed by atoms with Crippen molar-refractivity contribution in [2.24, 2.45) is 5.73 Å². The molecule has 0 amide bonds. The molecular weight excluding hydrogens is 217 g/mol. The van der Waals surface area contributed by atoms with Gasteiger partial charge >= 0.3 is 6.18 Å². The number of rotatable bonds is 2. The summed E-state index contributed by atoms with van der Waals surface area (Å²) < 4.78 is 60.5. The van der Waals surface area contributed by atoms with Crippen molar-refractivity contribution < 1.29 is 22.0 Å². The van der Waals surface area contributed by atoms with E-state index in [1.165, 1.54) is 0 Å². The summed E-state index contributed by atoms with van der Waals surface area (Å²) >= 11 is 0.